The van der Waals surface area contributed by atoms with Crippen molar-refractivity contribution in [1.82, 2.24) is 0 Å². The zero-order chi connectivity index (χ0) is 22.2. The molecule has 8 rings (SSSR count). The van der Waals surface area contributed by atoms with Crippen molar-refractivity contribution >= 4 is 43.5 Å². The van der Waals surface area contributed by atoms with Crippen LogP contribution < -0.4 is 0 Å². The number of rotatable bonds is 1. The molecule has 7 aromatic rings. The van der Waals surface area contributed by atoms with Gasteiger partial charge in [0.2, 0.25) is 0 Å². The molecule has 0 fully saturated rings. The third kappa shape index (κ3) is 2.34. The van der Waals surface area contributed by atoms with E-state index in [1.165, 1.54) is 65.7 Å². The van der Waals surface area contributed by atoms with E-state index in [1.54, 1.807) is 0 Å². The van der Waals surface area contributed by atoms with E-state index in [0.29, 0.717) is 0 Å². The molecule has 1 aliphatic carbocycles. The number of para-hydroxylation sites is 1. The van der Waals surface area contributed by atoms with Crippen molar-refractivity contribution in [2.75, 3.05) is 0 Å². The van der Waals surface area contributed by atoms with Crippen molar-refractivity contribution in [3.8, 4) is 22.3 Å². The van der Waals surface area contributed by atoms with Crippen molar-refractivity contribution in [1.29, 1.82) is 0 Å². The summed E-state index contributed by atoms with van der Waals surface area (Å²) in [6.07, 6.45) is 0.913. The lowest BCUT2D eigenvalue weighted by atomic mass is 9.90. The van der Waals surface area contributed by atoms with Gasteiger partial charge in [-0.2, -0.15) is 0 Å². The number of benzene rings is 6. The fourth-order valence-corrected chi connectivity index (χ4v) is 6.00. The van der Waals surface area contributed by atoms with Gasteiger partial charge in [-0.1, -0.05) is 97.1 Å². The Morgan fingerprint density at radius 1 is 0.559 bits per heavy atom. The second kappa shape index (κ2) is 6.59. The normalized spacial score (nSPS) is 12.6. The van der Waals surface area contributed by atoms with E-state index in [4.69, 9.17) is 4.42 Å². The minimum atomic E-state index is 0.913. The molecular formula is C33H20O. The minimum Gasteiger partial charge on any atom is -0.456 e. The van der Waals surface area contributed by atoms with Gasteiger partial charge in [0.05, 0.1) is 0 Å². The van der Waals surface area contributed by atoms with Crippen LogP contribution in [0.2, 0.25) is 0 Å². The van der Waals surface area contributed by atoms with E-state index in [-0.39, 0.29) is 0 Å². The smallest absolute Gasteiger partial charge is 0.140 e. The van der Waals surface area contributed by atoms with Crippen LogP contribution in [0.5, 0.6) is 0 Å². The second-order valence-corrected chi connectivity index (χ2v) is 9.28. The predicted octanol–water partition coefficient (Wildman–Crippen LogP) is 9.13. The third-order valence-corrected chi connectivity index (χ3v) is 7.48. The Morgan fingerprint density at radius 2 is 1.32 bits per heavy atom. The van der Waals surface area contributed by atoms with Gasteiger partial charge in [-0.3, -0.25) is 0 Å². The molecule has 1 aliphatic rings. The highest BCUT2D eigenvalue weighted by Gasteiger charge is 2.27. The molecule has 1 heteroatoms. The Labute approximate surface area is 196 Å². The topological polar surface area (TPSA) is 13.1 Å². The van der Waals surface area contributed by atoms with Crippen LogP contribution >= 0.6 is 0 Å². The molecule has 34 heavy (non-hydrogen) atoms. The minimum absolute atomic E-state index is 0.913. The van der Waals surface area contributed by atoms with Crippen molar-refractivity contribution in [2.45, 2.75) is 6.42 Å². The number of furan rings is 1. The molecular weight excluding hydrogens is 412 g/mol. The number of hydrogen-bond acceptors (Lipinski definition) is 1. The molecule has 0 unspecified atom stereocenters. The van der Waals surface area contributed by atoms with Crippen LogP contribution in [0, 0.1) is 0 Å². The second-order valence-electron chi connectivity index (χ2n) is 9.28. The highest BCUT2D eigenvalue weighted by atomic mass is 16.3. The molecule has 1 heterocycles. The van der Waals surface area contributed by atoms with E-state index in [0.717, 1.165) is 17.6 Å². The van der Waals surface area contributed by atoms with E-state index in [2.05, 4.69) is 109 Å². The lowest BCUT2D eigenvalue weighted by molar-refractivity contribution is 0.665. The Balaban J connectivity index is 1.54. The summed E-state index contributed by atoms with van der Waals surface area (Å²) in [5.74, 6) is 0. The SMILES string of the molecule is c1ccc2c(c1)Cc1c-2c2cc(-c3cccc4ccccc34)ccc2c2c1oc1ccccc12. The quantitative estimate of drug-likeness (QED) is 0.252. The van der Waals surface area contributed by atoms with E-state index < -0.39 is 0 Å². The monoisotopic (exact) mass is 432 g/mol. The molecule has 0 atom stereocenters. The lowest BCUT2D eigenvalue weighted by Crippen LogP contribution is -1.88. The van der Waals surface area contributed by atoms with Crippen LogP contribution in [-0.2, 0) is 6.42 Å². The summed E-state index contributed by atoms with van der Waals surface area (Å²) in [5, 5.41) is 7.56. The summed E-state index contributed by atoms with van der Waals surface area (Å²) < 4.78 is 6.51. The first-order valence-corrected chi connectivity index (χ1v) is 11.8. The van der Waals surface area contributed by atoms with Crippen LogP contribution in [0.1, 0.15) is 11.1 Å². The zero-order valence-electron chi connectivity index (χ0n) is 18.5. The fraction of sp³-hybridized carbons (Fsp3) is 0.0303. The van der Waals surface area contributed by atoms with Gasteiger partial charge >= 0.3 is 0 Å². The molecule has 0 aliphatic heterocycles. The maximum absolute atomic E-state index is 6.51. The van der Waals surface area contributed by atoms with Crippen molar-refractivity contribution in [3.63, 3.8) is 0 Å². The van der Waals surface area contributed by atoms with Gasteiger partial charge in [0.15, 0.2) is 0 Å². The zero-order valence-corrected chi connectivity index (χ0v) is 18.5. The summed E-state index contributed by atoms with van der Waals surface area (Å²) >= 11 is 0. The molecule has 0 amide bonds. The Hall–Kier alpha value is -4.36. The number of hydrogen-bond donors (Lipinski definition) is 0. The van der Waals surface area contributed by atoms with Gasteiger partial charge in [-0.05, 0) is 61.5 Å². The predicted molar refractivity (Wildman–Crippen MR) is 142 cm³/mol. The standard InChI is InChI=1S/C33H20O/c1-3-11-23-20(8-1)10-7-14-24(23)22-16-17-26-28(18-22)31-25-12-4-2-9-21(25)19-29(31)33-32(26)27-13-5-6-15-30(27)34-33/h1-18H,19H2. The lowest BCUT2D eigenvalue weighted by Gasteiger charge is -2.13. The van der Waals surface area contributed by atoms with E-state index in [1.807, 2.05) is 0 Å². The first-order chi connectivity index (χ1) is 16.9. The largest absolute Gasteiger partial charge is 0.456 e. The van der Waals surface area contributed by atoms with Crippen molar-refractivity contribution < 1.29 is 4.42 Å². The highest BCUT2D eigenvalue weighted by molar-refractivity contribution is 6.24. The van der Waals surface area contributed by atoms with Gasteiger partial charge in [-0.15, -0.1) is 0 Å². The van der Waals surface area contributed by atoms with Gasteiger partial charge in [0, 0.05) is 22.8 Å². The molecule has 0 N–H and O–H groups in total. The van der Waals surface area contributed by atoms with Gasteiger partial charge in [-0.25, -0.2) is 0 Å². The summed E-state index contributed by atoms with van der Waals surface area (Å²) in [6, 6.07) is 39.5. The Morgan fingerprint density at radius 3 is 2.29 bits per heavy atom. The Kier molecular flexibility index (Phi) is 3.51. The van der Waals surface area contributed by atoms with E-state index in [9.17, 15) is 0 Å². The maximum Gasteiger partial charge on any atom is 0.140 e. The Bertz CT molecular complexity index is 1930. The summed E-state index contributed by atoms with van der Waals surface area (Å²) in [5.41, 5.74) is 9.88. The molecule has 0 saturated heterocycles. The van der Waals surface area contributed by atoms with Crippen LogP contribution in [-0.4, -0.2) is 0 Å². The molecule has 158 valence electrons. The molecule has 0 spiro atoms. The number of fused-ring (bicyclic) bond motifs is 11. The van der Waals surface area contributed by atoms with Gasteiger partial charge in [0.25, 0.3) is 0 Å². The molecule has 0 radical (unpaired) electrons. The molecule has 0 saturated carbocycles. The van der Waals surface area contributed by atoms with Crippen LogP contribution in [0.25, 0.3) is 65.7 Å². The first-order valence-electron chi connectivity index (χ1n) is 11.8. The van der Waals surface area contributed by atoms with Crippen LogP contribution in [0.4, 0.5) is 0 Å². The first kappa shape index (κ1) is 18.1. The maximum atomic E-state index is 6.51. The summed E-state index contributed by atoms with van der Waals surface area (Å²) in [4.78, 5) is 0. The molecule has 1 aromatic heterocycles. The fourth-order valence-electron chi connectivity index (χ4n) is 6.00. The van der Waals surface area contributed by atoms with Crippen molar-refractivity contribution in [3.05, 3.63) is 120 Å². The van der Waals surface area contributed by atoms with Crippen molar-refractivity contribution in [2.24, 2.45) is 0 Å². The van der Waals surface area contributed by atoms with Crippen LogP contribution in [0.3, 0.4) is 0 Å². The van der Waals surface area contributed by atoms with Gasteiger partial charge in [0.1, 0.15) is 11.2 Å². The summed E-state index contributed by atoms with van der Waals surface area (Å²) in [7, 11) is 0. The average Bonchev–Trinajstić information content (AvgIpc) is 3.47. The molecule has 6 aromatic carbocycles. The van der Waals surface area contributed by atoms with E-state index >= 15 is 0 Å². The average molecular weight is 433 g/mol. The third-order valence-electron chi connectivity index (χ3n) is 7.48. The molecule has 0 bridgehead atoms. The van der Waals surface area contributed by atoms with Gasteiger partial charge < -0.3 is 4.42 Å². The molecule has 1 nitrogen and oxygen atoms in total. The highest BCUT2D eigenvalue weighted by Crippen LogP contribution is 2.49. The van der Waals surface area contributed by atoms with Crippen LogP contribution in [0.15, 0.2) is 114 Å². The summed E-state index contributed by atoms with van der Waals surface area (Å²) in [6.45, 7) is 0.